The molecule has 1 N–H and O–H groups in total. The SMILES string of the molecule is CC(c1ccc(C2(S(=O)(=O)c3ccccc3)CC2C(=O)O)cc1)(C(F)(F)F)C(F)(F)F. The van der Waals surface area contributed by atoms with Crippen LogP contribution in [0.5, 0.6) is 0 Å². The molecule has 31 heavy (non-hydrogen) atoms. The highest BCUT2D eigenvalue weighted by molar-refractivity contribution is 7.92. The van der Waals surface area contributed by atoms with Crippen LogP contribution in [0.3, 0.4) is 0 Å². The number of halogens is 6. The molecule has 0 amide bonds. The van der Waals surface area contributed by atoms with Gasteiger partial charge in [-0.05, 0) is 36.6 Å². The van der Waals surface area contributed by atoms with Crippen molar-refractivity contribution in [1.82, 2.24) is 0 Å². The smallest absolute Gasteiger partial charge is 0.406 e. The summed E-state index contributed by atoms with van der Waals surface area (Å²) >= 11 is 0. The number of carboxylic acids is 1. The van der Waals surface area contributed by atoms with E-state index in [9.17, 15) is 44.7 Å². The molecule has 1 aliphatic rings. The number of rotatable bonds is 5. The van der Waals surface area contributed by atoms with Crippen LogP contribution in [-0.2, 0) is 24.8 Å². The van der Waals surface area contributed by atoms with Crippen LogP contribution in [0.2, 0.25) is 0 Å². The van der Waals surface area contributed by atoms with Crippen LogP contribution >= 0.6 is 0 Å². The molecule has 0 aromatic heterocycles. The topological polar surface area (TPSA) is 71.4 Å². The third kappa shape index (κ3) is 3.29. The van der Waals surface area contributed by atoms with Crippen molar-refractivity contribution in [1.29, 1.82) is 0 Å². The van der Waals surface area contributed by atoms with E-state index in [1.807, 2.05) is 0 Å². The zero-order valence-electron chi connectivity index (χ0n) is 15.8. The van der Waals surface area contributed by atoms with Gasteiger partial charge in [0.05, 0.1) is 10.8 Å². The van der Waals surface area contributed by atoms with Crippen LogP contribution in [0.4, 0.5) is 26.3 Å². The molecule has 1 aliphatic carbocycles. The Morgan fingerprint density at radius 1 is 0.935 bits per heavy atom. The van der Waals surface area contributed by atoms with E-state index < -0.39 is 49.8 Å². The lowest BCUT2D eigenvalue weighted by Crippen LogP contribution is -2.51. The molecule has 0 heterocycles. The quantitative estimate of drug-likeness (QED) is 0.640. The minimum absolute atomic E-state index is 0.00430. The van der Waals surface area contributed by atoms with Crippen molar-refractivity contribution in [3.05, 3.63) is 65.7 Å². The number of benzene rings is 2. The highest BCUT2D eigenvalue weighted by atomic mass is 32.2. The maximum atomic E-state index is 13.3. The van der Waals surface area contributed by atoms with E-state index in [1.54, 1.807) is 0 Å². The van der Waals surface area contributed by atoms with Gasteiger partial charge in [0.15, 0.2) is 15.3 Å². The first-order valence-electron chi connectivity index (χ1n) is 8.87. The highest BCUT2D eigenvalue weighted by Crippen LogP contribution is 2.61. The maximum Gasteiger partial charge on any atom is 0.406 e. The van der Waals surface area contributed by atoms with Crippen LogP contribution in [0, 0.1) is 5.92 Å². The van der Waals surface area contributed by atoms with Crippen molar-refractivity contribution in [2.45, 2.75) is 40.8 Å². The van der Waals surface area contributed by atoms with Gasteiger partial charge in [0.25, 0.3) is 0 Å². The Bertz CT molecular complexity index is 1080. The molecule has 0 saturated heterocycles. The summed E-state index contributed by atoms with van der Waals surface area (Å²) in [5, 5.41) is 9.40. The molecular formula is C20H16F6O4S. The summed E-state index contributed by atoms with van der Waals surface area (Å²) in [5.41, 5.74) is -5.49. The van der Waals surface area contributed by atoms with Crippen LogP contribution in [0.15, 0.2) is 59.5 Å². The number of carboxylic acid groups (broad SMARTS) is 1. The van der Waals surface area contributed by atoms with Gasteiger partial charge in [0, 0.05) is 0 Å². The van der Waals surface area contributed by atoms with Crippen molar-refractivity contribution >= 4 is 15.8 Å². The van der Waals surface area contributed by atoms with Gasteiger partial charge in [-0.2, -0.15) is 26.3 Å². The average Bonchev–Trinajstić information content (AvgIpc) is 3.44. The zero-order valence-corrected chi connectivity index (χ0v) is 16.6. The fourth-order valence-corrected chi connectivity index (χ4v) is 5.93. The van der Waals surface area contributed by atoms with Crippen LogP contribution < -0.4 is 0 Å². The molecule has 11 heteroatoms. The number of aliphatic carboxylic acids is 1. The second-order valence-corrected chi connectivity index (χ2v) is 9.71. The Morgan fingerprint density at radius 3 is 1.81 bits per heavy atom. The van der Waals surface area contributed by atoms with Crippen LogP contribution in [-0.4, -0.2) is 31.8 Å². The summed E-state index contributed by atoms with van der Waals surface area (Å²) < 4.78 is 104. The van der Waals surface area contributed by atoms with E-state index >= 15 is 0 Å². The van der Waals surface area contributed by atoms with E-state index in [-0.39, 0.29) is 23.8 Å². The summed E-state index contributed by atoms with van der Waals surface area (Å²) in [4.78, 5) is 11.4. The molecule has 0 aliphatic heterocycles. The summed E-state index contributed by atoms with van der Waals surface area (Å²) in [6, 6.07) is 9.62. The lowest BCUT2D eigenvalue weighted by Gasteiger charge is -2.34. The fourth-order valence-electron chi connectivity index (χ4n) is 3.69. The second-order valence-electron chi connectivity index (χ2n) is 7.50. The zero-order chi connectivity index (χ0) is 23.5. The van der Waals surface area contributed by atoms with E-state index in [1.165, 1.54) is 30.3 Å². The van der Waals surface area contributed by atoms with Gasteiger partial charge in [-0.1, -0.05) is 42.5 Å². The largest absolute Gasteiger partial charge is 0.481 e. The molecule has 1 fully saturated rings. The molecule has 2 unspecified atom stereocenters. The van der Waals surface area contributed by atoms with Gasteiger partial charge >= 0.3 is 18.3 Å². The number of alkyl halides is 6. The van der Waals surface area contributed by atoms with Gasteiger partial charge < -0.3 is 5.11 Å². The van der Waals surface area contributed by atoms with E-state index in [0.717, 1.165) is 12.1 Å². The van der Waals surface area contributed by atoms with E-state index in [4.69, 9.17) is 0 Å². The van der Waals surface area contributed by atoms with Gasteiger partial charge in [-0.3, -0.25) is 4.79 Å². The fraction of sp³-hybridized carbons (Fsp3) is 0.350. The molecule has 2 atom stereocenters. The minimum Gasteiger partial charge on any atom is -0.481 e. The maximum absolute atomic E-state index is 13.3. The third-order valence-corrected chi connectivity index (χ3v) is 8.36. The van der Waals surface area contributed by atoms with E-state index in [0.29, 0.717) is 12.1 Å². The van der Waals surface area contributed by atoms with Crippen molar-refractivity contribution < 1.29 is 44.7 Å². The third-order valence-electron chi connectivity index (χ3n) is 5.83. The summed E-state index contributed by atoms with van der Waals surface area (Å²) in [6.45, 7) is -0.00430. The van der Waals surface area contributed by atoms with Crippen molar-refractivity contribution in [2.75, 3.05) is 0 Å². The minimum atomic E-state index is -5.66. The molecule has 2 aromatic rings. The Labute approximate surface area is 173 Å². The first-order chi connectivity index (χ1) is 14.1. The molecule has 0 bridgehead atoms. The molecule has 2 aromatic carbocycles. The monoisotopic (exact) mass is 466 g/mol. The molecule has 3 rings (SSSR count). The molecule has 1 saturated carbocycles. The Hall–Kier alpha value is -2.56. The van der Waals surface area contributed by atoms with Gasteiger partial charge in [0.1, 0.15) is 4.75 Å². The van der Waals surface area contributed by atoms with E-state index in [2.05, 4.69) is 0 Å². The van der Waals surface area contributed by atoms with Crippen molar-refractivity contribution in [3.8, 4) is 0 Å². The first-order valence-corrected chi connectivity index (χ1v) is 10.4. The van der Waals surface area contributed by atoms with Crippen molar-refractivity contribution in [3.63, 3.8) is 0 Å². The number of sulfone groups is 1. The van der Waals surface area contributed by atoms with Gasteiger partial charge in [0.2, 0.25) is 0 Å². The standard InChI is InChI=1S/C20H16F6O4S/c1-17(19(21,22)23,20(24,25)26)12-7-9-13(10-8-12)18(11-15(18)16(27)28)31(29,30)14-5-3-2-4-6-14/h2-10,15H,11H2,1H3,(H,27,28). The molecule has 4 nitrogen and oxygen atoms in total. The Balaban J connectivity index is 2.14. The van der Waals surface area contributed by atoms with Gasteiger partial charge in [-0.25, -0.2) is 8.42 Å². The van der Waals surface area contributed by atoms with Crippen LogP contribution in [0.25, 0.3) is 0 Å². The predicted octanol–water partition coefficient (Wildman–Crippen LogP) is 4.84. The molecule has 0 radical (unpaired) electrons. The molecular weight excluding hydrogens is 450 g/mol. The Morgan fingerprint density at radius 2 is 1.42 bits per heavy atom. The number of hydrogen-bond donors (Lipinski definition) is 1. The Kier molecular flexibility index (Phi) is 5.20. The number of hydrogen-bond acceptors (Lipinski definition) is 3. The molecule has 168 valence electrons. The van der Waals surface area contributed by atoms with Crippen molar-refractivity contribution in [2.24, 2.45) is 5.92 Å². The van der Waals surface area contributed by atoms with Gasteiger partial charge in [-0.15, -0.1) is 0 Å². The summed E-state index contributed by atoms with van der Waals surface area (Å²) in [6.07, 6.45) is -11.7. The second kappa shape index (κ2) is 6.98. The average molecular weight is 466 g/mol. The number of carbonyl (C=O) groups is 1. The highest BCUT2D eigenvalue weighted by Gasteiger charge is 2.70. The lowest BCUT2D eigenvalue weighted by atomic mass is 9.80. The lowest BCUT2D eigenvalue weighted by molar-refractivity contribution is -0.297. The summed E-state index contributed by atoms with van der Waals surface area (Å²) in [5.74, 6) is -2.82. The summed E-state index contributed by atoms with van der Waals surface area (Å²) in [7, 11) is -4.31. The predicted molar refractivity (Wildman–Crippen MR) is 97.0 cm³/mol. The molecule has 0 spiro atoms. The van der Waals surface area contributed by atoms with Crippen LogP contribution in [0.1, 0.15) is 24.5 Å². The normalized spacial score (nSPS) is 22.2. The first kappa shape index (κ1) is 23.1.